The maximum atomic E-state index is 4.50. The minimum atomic E-state index is 0.809. The average molecular weight is 236 g/mol. The van der Waals surface area contributed by atoms with E-state index < -0.39 is 0 Å². The van der Waals surface area contributed by atoms with Crippen LogP contribution in [0, 0.1) is 0 Å². The standard InChI is InChI=1S/C12H8N6/c1-2-13-8-18-7-10(16-11(1)18)9-6-17-4-3-14-12(17)5-15-9/h1-8H. The predicted octanol–water partition coefficient (Wildman–Crippen LogP) is 1.44. The van der Waals surface area contributed by atoms with Crippen molar-refractivity contribution < 1.29 is 0 Å². The Morgan fingerprint density at radius 2 is 1.83 bits per heavy atom. The number of hydrogen-bond donors (Lipinski definition) is 0. The van der Waals surface area contributed by atoms with E-state index in [9.17, 15) is 0 Å². The van der Waals surface area contributed by atoms with Gasteiger partial charge in [-0.15, -0.1) is 0 Å². The van der Waals surface area contributed by atoms with Crippen LogP contribution in [0.1, 0.15) is 0 Å². The molecule has 4 rings (SSSR count). The Labute approximate surface area is 102 Å². The van der Waals surface area contributed by atoms with Gasteiger partial charge in [0.15, 0.2) is 5.65 Å². The van der Waals surface area contributed by atoms with Gasteiger partial charge < -0.3 is 4.40 Å². The minimum Gasteiger partial charge on any atom is -0.304 e. The quantitative estimate of drug-likeness (QED) is 0.501. The first-order valence-corrected chi connectivity index (χ1v) is 5.48. The molecule has 0 spiro atoms. The molecule has 4 heterocycles. The lowest BCUT2D eigenvalue weighted by Crippen LogP contribution is -1.89. The van der Waals surface area contributed by atoms with E-state index in [1.54, 1.807) is 24.9 Å². The first-order valence-electron chi connectivity index (χ1n) is 5.48. The molecule has 0 aliphatic rings. The second-order valence-corrected chi connectivity index (χ2v) is 3.94. The van der Waals surface area contributed by atoms with Crippen molar-refractivity contribution in [3.8, 4) is 11.4 Å². The molecule has 86 valence electrons. The van der Waals surface area contributed by atoms with Crippen LogP contribution in [0.4, 0.5) is 0 Å². The lowest BCUT2D eigenvalue weighted by molar-refractivity contribution is 1.09. The molecule has 0 unspecified atom stereocenters. The fraction of sp³-hybridized carbons (Fsp3) is 0. The third kappa shape index (κ3) is 1.29. The monoisotopic (exact) mass is 236 g/mol. The van der Waals surface area contributed by atoms with Gasteiger partial charge in [-0.3, -0.25) is 4.40 Å². The Morgan fingerprint density at radius 3 is 2.78 bits per heavy atom. The third-order valence-electron chi connectivity index (χ3n) is 2.80. The molecule has 4 aromatic heterocycles. The van der Waals surface area contributed by atoms with Crippen molar-refractivity contribution in [3.63, 3.8) is 0 Å². The fourth-order valence-electron chi connectivity index (χ4n) is 1.93. The maximum absolute atomic E-state index is 4.50. The largest absolute Gasteiger partial charge is 0.304 e. The van der Waals surface area contributed by atoms with Crippen LogP contribution in [-0.2, 0) is 0 Å². The lowest BCUT2D eigenvalue weighted by Gasteiger charge is -1.96. The van der Waals surface area contributed by atoms with Crippen LogP contribution < -0.4 is 0 Å². The van der Waals surface area contributed by atoms with Crippen LogP contribution in [0.15, 0.2) is 49.6 Å². The highest BCUT2D eigenvalue weighted by Gasteiger charge is 2.06. The lowest BCUT2D eigenvalue weighted by atomic mass is 10.3. The van der Waals surface area contributed by atoms with E-state index in [0.717, 1.165) is 22.7 Å². The van der Waals surface area contributed by atoms with Crippen molar-refractivity contribution in [3.05, 3.63) is 49.6 Å². The second kappa shape index (κ2) is 3.36. The number of hydrogen-bond acceptors (Lipinski definition) is 4. The highest BCUT2D eigenvalue weighted by molar-refractivity contribution is 5.59. The van der Waals surface area contributed by atoms with E-state index in [0.29, 0.717) is 0 Å². The maximum Gasteiger partial charge on any atom is 0.155 e. The van der Waals surface area contributed by atoms with Crippen LogP contribution in [-0.4, -0.2) is 28.7 Å². The molecule has 0 amide bonds. The molecule has 0 aliphatic carbocycles. The Hall–Kier alpha value is -2.76. The van der Waals surface area contributed by atoms with Crippen LogP contribution in [0.3, 0.4) is 0 Å². The van der Waals surface area contributed by atoms with E-state index in [4.69, 9.17) is 0 Å². The summed E-state index contributed by atoms with van der Waals surface area (Å²) in [7, 11) is 0. The molecular formula is C12H8N6. The molecule has 0 saturated heterocycles. The summed E-state index contributed by atoms with van der Waals surface area (Å²) in [6, 6.07) is 1.86. The molecule has 0 radical (unpaired) electrons. The SMILES string of the molecule is c1cc2nc(-c3cn4ccnc4cn3)cn2cn1. The zero-order valence-electron chi connectivity index (χ0n) is 9.30. The van der Waals surface area contributed by atoms with Gasteiger partial charge in [0, 0.05) is 31.0 Å². The van der Waals surface area contributed by atoms with Crippen LogP contribution in [0.25, 0.3) is 22.7 Å². The summed E-state index contributed by atoms with van der Waals surface area (Å²) in [6.45, 7) is 0. The van der Waals surface area contributed by atoms with Crippen molar-refractivity contribution in [1.29, 1.82) is 0 Å². The Bertz CT molecular complexity index is 811. The zero-order valence-corrected chi connectivity index (χ0v) is 9.30. The molecule has 0 aliphatic heterocycles. The molecule has 0 N–H and O–H groups in total. The van der Waals surface area contributed by atoms with Crippen molar-refractivity contribution in [2.24, 2.45) is 0 Å². The molecule has 18 heavy (non-hydrogen) atoms. The Morgan fingerprint density at radius 1 is 0.889 bits per heavy atom. The van der Waals surface area contributed by atoms with Crippen LogP contribution in [0.2, 0.25) is 0 Å². The van der Waals surface area contributed by atoms with Gasteiger partial charge in [0.2, 0.25) is 0 Å². The first-order chi connectivity index (χ1) is 8.90. The predicted molar refractivity (Wildman–Crippen MR) is 65.0 cm³/mol. The minimum absolute atomic E-state index is 0.809. The average Bonchev–Trinajstić information content (AvgIpc) is 3.04. The number of imidazole rings is 2. The van der Waals surface area contributed by atoms with Gasteiger partial charge in [-0.05, 0) is 6.07 Å². The summed E-state index contributed by atoms with van der Waals surface area (Å²) in [4.78, 5) is 17.1. The van der Waals surface area contributed by atoms with E-state index in [1.165, 1.54) is 0 Å². The summed E-state index contributed by atoms with van der Waals surface area (Å²) in [5, 5.41) is 0. The van der Waals surface area contributed by atoms with E-state index >= 15 is 0 Å². The fourth-order valence-corrected chi connectivity index (χ4v) is 1.93. The second-order valence-electron chi connectivity index (χ2n) is 3.94. The molecule has 0 bridgehead atoms. The van der Waals surface area contributed by atoms with E-state index in [-0.39, 0.29) is 0 Å². The van der Waals surface area contributed by atoms with Crippen LogP contribution in [0.5, 0.6) is 0 Å². The topological polar surface area (TPSA) is 60.4 Å². The molecule has 0 atom stereocenters. The molecule has 4 aromatic rings. The highest BCUT2D eigenvalue weighted by Crippen LogP contribution is 2.16. The summed E-state index contributed by atoms with van der Waals surface area (Å²) in [5.41, 5.74) is 3.31. The molecule has 0 aromatic carbocycles. The van der Waals surface area contributed by atoms with Gasteiger partial charge in [0.1, 0.15) is 23.4 Å². The van der Waals surface area contributed by atoms with Gasteiger partial charge in [0.25, 0.3) is 0 Å². The van der Waals surface area contributed by atoms with Crippen molar-refractivity contribution in [2.75, 3.05) is 0 Å². The molecule has 6 heteroatoms. The van der Waals surface area contributed by atoms with Gasteiger partial charge >= 0.3 is 0 Å². The number of fused-ring (bicyclic) bond motifs is 2. The smallest absolute Gasteiger partial charge is 0.155 e. The van der Waals surface area contributed by atoms with Crippen molar-refractivity contribution in [1.82, 2.24) is 28.7 Å². The summed E-state index contributed by atoms with van der Waals surface area (Å²) in [6.07, 6.45) is 12.6. The summed E-state index contributed by atoms with van der Waals surface area (Å²) >= 11 is 0. The van der Waals surface area contributed by atoms with Gasteiger partial charge in [-0.2, -0.15) is 0 Å². The highest BCUT2D eigenvalue weighted by atomic mass is 15.1. The van der Waals surface area contributed by atoms with E-state index in [2.05, 4.69) is 19.9 Å². The zero-order chi connectivity index (χ0) is 11.9. The summed E-state index contributed by atoms with van der Waals surface area (Å²) in [5.74, 6) is 0. The van der Waals surface area contributed by atoms with Gasteiger partial charge in [-0.1, -0.05) is 0 Å². The third-order valence-corrected chi connectivity index (χ3v) is 2.80. The molecule has 0 saturated carbocycles. The number of rotatable bonds is 1. The van der Waals surface area contributed by atoms with Gasteiger partial charge in [0.05, 0.1) is 6.20 Å². The normalized spacial score (nSPS) is 11.3. The Balaban J connectivity index is 1.94. The summed E-state index contributed by atoms with van der Waals surface area (Å²) < 4.78 is 3.79. The van der Waals surface area contributed by atoms with Crippen molar-refractivity contribution >= 4 is 11.3 Å². The number of aromatic nitrogens is 6. The van der Waals surface area contributed by atoms with E-state index in [1.807, 2.05) is 33.5 Å². The molecule has 0 fully saturated rings. The molecular weight excluding hydrogens is 228 g/mol. The van der Waals surface area contributed by atoms with Gasteiger partial charge in [-0.25, -0.2) is 19.9 Å². The van der Waals surface area contributed by atoms with Crippen molar-refractivity contribution in [2.45, 2.75) is 0 Å². The first kappa shape index (κ1) is 9.29. The Kier molecular flexibility index (Phi) is 1.74. The number of nitrogens with zero attached hydrogens (tertiary/aromatic N) is 6. The van der Waals surface area contributed by atoms with Crippen LogP contribution >= 0.6 is 0 Å². The molecule has 6 nitrogen and oxygen atoms in total.